The first-order chi connectivity index (χ1) is 19.3. The van der Waals surface area contributed by atoms with Crippen molar-refractivity contribution >= 4 is 5.78 Å². The van der Waals surface area contributed by atoms with E-state index in [-0.39, 0.29) is 0 Å². The zero-order valence-electron chi connectivity index (χ0n) is 27.1. The lowest BCUT2D eigenvalue weighted by Crippen LogP contribution is -1.89. The second-order valence-corrected chi connectivity index (χ2v) is 12.4. The van der Waals surface area contributed by atoms with Gasteiger partial charge in [0, 0.05) is 6.42 Å². The third-order valence-electron chi connectivity index (χ3n) is 8.20. The van der Waals surface area contributed by atoms with Gasteiger partial charge in [-0.25, -0.2) is 0 Å². The molecule has 0 unspecified atom stereocenters. The number of Topliss-reactive ketones (excluding diaryl/α,β-unsaturated/α-hetero) is 1. The Labute approximate surface area is 247 Å². The summed E-state index contributed by atoms with van der Waals surface area (Å²) >= 11 is 0. The molecule has 0 aromatic heterocycles. The van der Waals surface area contributed by atoms with E-state index in [1.165, 1.54) is 186 Å². The smallest absolute Gasteiger partial charge is 0.129 e. The zero-order valence-corrected chi connectivity index (χ0v) is 27.1. The van der Waals surface area contributed by atoms with Gasteiger partial charge >= 0.3 is 0 Å². The molecule has 0 radical (unpaired) electrons. The van der Waals surface area contributed by atoms with Crippen molar-refractivity contribution in [1.82, 2.24) is 0 Å². The Morgan fingerprint density at radius 2 is 0.590 bits per heavy atom. The molecule has 39 heavy (non-hydrogen) atoms. The van der Waals surface area contributed by atoms with E-state index in [1.807, 2.05) is 0 Å². The fourth-order valence-electron chi connectivity index (χ4n) is 5.50. The van der Waals surface area contributed by atoms with Gasteiger partial charge in [0.1, 0.15) is 5.78 Å². The summed E-state index contributed by atoms with van der Waals surface area (Å²) < 4.78 is 0. The second-order valence-electron chi connectivity index (χ2n) is 12.4. The molecule has 0 rings (SSSR count). The highest BCUT2D eigenvalue weighted by Crippen LogP contribution is 2.14. The molecule has 0 heterocycles. The van der Waals surface area contributed by atoms with Gasteiger partial charge in [-0.1, -0.05) is 166 Å². The largest absolute Gasteiger partial charge is 0.300 e. The van der Waals surface area contributed by atoms with Crippen LogP contribution in [0.25, 0.3) is 0 Å². The number of ketones is 1. The molecule has 0 aromatic carbocycles. The van der Waals surface area contributed by atoms with Crippen molar-refractivity contribution in [3.63, 3.8) is 0 Å². The van der Waals surface area contributed by atoms with Crippen LogP contribution >= 0.6 is 0 Å². The van der Waals surface area contributed by atoms with E-state index in [9.17, 15) is 4.79 Å². The van der Waals surface area contributed by atoms with Crippen molar-refractivity contribution in [3.05, 3.63) is 24.3 Å². The van der Waals surface area contributed by atoms with Crippen LogP contribution in [0.3, 0.4) is 0 Å². The molecule has 0 fully saturated rings. The molecule has 0 bridgehead atoms. The molecular formula is C38H72O. The molecule has 0 aliphatic carbocycles. The molecule has 230 valence electrons. The van der Waals surface area contributed by atoms with Crippen molar-refractivity contribution in [2.45, 2.75) is 213 Å². The summed E-state index contributed by atoms with van der Waals surface area (Å²) in [7, 11) is 0. The lowest BCUT2D eigenvalue weighted by atomic mass is 10.0. The van der Waals surface area contributed by atoms with Gasteiger partial charge in [0.15, 0.2) is 0 Å². The number of carbonyl (C=O) groups is 1. The Balaban J connectivity index is 3.15. The third kappa shape index (κ3) is 37.2. The molecule has 0 aliphatic heterocycles. The Morgan fingerprint density at radius 3 is 0.872 bits per heavy atom. The van der Waals surface area contributed by atoms with Gasteiger partial charge in [-0.3, -0.25) is 0 Å². The normalized spacial score (nSPS) is 11.8. The number of rotatable bonds is 33. The van der Waals surface area contributed by atoms with Crippen molar-refractivity contribution < 1.29 is 4.79 Å². The summed E-state index contributed by atoms with van der Waals surface area (Å²) in [5.41, 5.74) is 0. The number of allylic oxidation sites excluding steroid dienone is 4. The van der Waals surface area contributed by atoms with Crippen LogP contribution in [0.2, 0.25) is 0 Å². The Bertz CT molecular complexity index is 517. The average Bonchev–Trinajstić information content (AvgIpc) is 2.93. The molecule has 1 nitrogen and oxygen atoms in total. The molecule has 0 spiro atoms. The standard InChI is InChI=1S/C38H72O/c1-3-4-5-6-7-8-9-10-11-12-13-14-15-16-17-18-19-20-21-22-23-24-25-26-27-28-29-30-31-32-33-34-35-36-37-38(2)39/h16-17,23-24H,3-15,18-22,25-37H2,1-2H3/b17-16+,24-23+. The summed E-state index contributed by atoms with van der Waals surface area (Å²) in [5, 5.41) is 0. The Morgan fingerprint density at radius 1 is 0.359 bits per heavy atom. The van der Waals surface area contributed by atoms with Crippen molar-refractivity contribution in [3.8, 4) is 0 Å². The van der Waals surface area contributed by atoms with Crippen LogP contribution in [-0.4, -0.2) is 5.78 Å². The van der Waals surface area contributed by atoms with Crippen LogP contribution in [0, 0.1) is 0 Å². The molecular weight excluding hydrogens is 472 g/mol. The minimum atomic E-state index is 0.347. The highest BCUT2D eigenvalue weighted by Gasteiger charge is 1.96. The van der Waals surface area contributed by atoms with Gasteiger partial charge in [0.25, 0.3) is 0 Å². The first kappa shape index (κ1) is 38.1. The van der Waals surface area contributed by atoms with E-state index in [0.717, 1.165) is 12.8 Å². The highest BCUT2D eigenvalue weighted by atomic mass is 16.1. The summed E-state index contributed by atoms with van der Waals surface area (Å²) in [4.78, 5) is 10.9. The maximum absolute atomic E-state index is 10.9. The van der Waals surface area contributed by atoms with Crippen LogP contribution in [0.15, 0.2) is 24.3 Å². The minimum absolute atomic E-state index is 0.347. The lowest BCUT2D eigenvalue weighted by Gasteiger charge is -2.02. The van der Waals surface area contributed by atoms with Crippen molar-refractivity contribution in [1.29, 1.82) is 0 Å². The zero-order chi connectivity index (χ0) is 28.3. The van der Waals surface area contributed by atoms with Gasteiger partial charge in [-0.2, -0.15) is 0 Å². The second kappa shape index (κ2) is 35.2. The van der Waals surface area contributed by atoms with Crippen molar-refractivity contribution in [2.24, 2.45) is 0 Å². The van der Waals surface area contributed by atoms with Crippen LogP contribution < -0.4 is 0 Å². The maximum atomic E-state index is 10.9. The van der Waals surface area contributed by atoms with Crippen molar-refractivity contribution in [2.75, 3.05) is 0 Å². The van der Waals surface area contributed by atoms with E-state index in [1.54, 1.807) is 6.92 Å². The Kier molecular flexibility index (Phi) is 34.4. The van der Waals surface area contributed by atoms with Crippen LogP contribution in [0.4, 0.5) is 0 Å². The van der Waals surface area contributed by atoms with E-state index in [2.05, 4.69) is 31.2 Å². The fraction of sp³-hybridized carbons (Fsp3) is 0.868. The van der Waals surface area contributed by atoms with E-state index in [0.29, 0.717) is 5.78 Å². The van der Waals surface area contributed by atoms with Gasteiger partial charge in [0.2, 0.25) is 0 Å². The predicted octanol–water partition coefficient (Wildman–Crippen LogP) is 13.8. The molecule has 0 N–H and O–H groups in total. The molecule has 0 atom stereocenters. The molecule has 1 heteroatoms. The molecule has 0 saturated carbocycles. The van der Waals surface area contributed by atoms with Gasteiger partial charge in [-0.15, -0.1) is 0 Å². The first-order valence-corrected chi connectivity index (χ1v) is 18.1. The topological polar surface area (TPSA) is 17.1 Å². The van der Waals surface area contributed by atoms with Crippen LogP contribution in [0.1, 0.15) is 213 Å². The summed E-state index contributed by atoms with van der Waals surface area (Å²) in [5.74, 6) is 0.347. The minimum Gasteiger partial charge on any atom is -0.300 e. The number of hydrogen-bond donors (Lipinski definition) is 0. The van der Waals surface area contributed by atoms with E-state index in [4.69, 9.17) is 0 Å². The van der Waals surface area contributed by atoms with E-state index >= 15 is 0 Å². The molecule has 0 aromatic rings. The highest BCUT2D eigenvalue weighted by molar-refractivity contribution is 5.75. The summed E-state index contributed by atoms with van der Waals surface area (Å²) in [6.45, 7) is 4.01. The third-order valence-corrected chi connectivity index (χ3v) is 8.20. The predicted molar refractivity (Wildman–Crippen MR) is 178 cm³/mol. The fourth-order valence-corrected chi connectivity index (χ4v) is 5.50. The van der Waals surface area contributed by atoms with Crippen LogP contribution in [-0.2, 0) is 4.79 Å². The first-order valence-electron chi connectivity index (χ1n) is 18.1. The number of hydrogen-bond acceptors (Lipinski definition) is 1. The monoisotopic (exact) mass is 545 g/mol. The summed E-state index contributed by atoms with van der Waals surface area (Å²) in [6.07, 6.45) is 51.9. The number of carbonyl (C=O) groups excluding carboxylic acids is 1. The molecule has 0 aliphatic rings. The SMILES string of the molecule is CCCCCCCCCCCCCC/C=C/CCCCC/C=C/CCCCCCCCCCCCCC(C)=O. The quantitative estimate of drug-likeness (QED) is 0.0593. The van der Waals surface area contributed by atoms with Gasteiger partial charge in [0.05, 0.1) is 0 Å². The van der Waals surface area contributed by atoms with Gasteiger partial charge < -0.3 is 4.79 Å². The van der Waals surface area contributed by atoms with Gasteiger partial charge in [-0.05, 0) is 64.7 Å². The number of unbranched alkanes of at least 4 members (excludes halogenated alkanes) is 27. The molecule has 0 saturated heterocycles. The summed E-state index contributed by atoms with van der Waals surface area (Å²) in [6, 6.07) is 0. The van der Waals surface area contributed by atoms with E-state index < -0.39 is 0 Å². The average molecular weight is 545 g/mol. The Hall–Kier alpha value is -0.850. The maximum Gasteiger partial charge on any atom is 0.129 e. The lowest BCUT2D eigenvalue weighted by molar-refractivity contribution is -0.117. The van der Waals surface area contributed by atoms with Crippen LogP contribution in [0.5, 0.6) is 0 Å². The molecule has 0 amide bonds.